The Bertz CT molecular complexity index is 474. The van der Waals surface area contributed by atoms with Crippen molar-refractivity contribution in [2.75, 3.05) is 33.3 Å². The van der Waals surface area contributed by atoms with E-state index >= 15 is 0 Å². The lowest BCUT2D eigenvalue weighted by atomic mass is 9.80. The number of nitrogens with one attached hydrogen (secondary N) is 1. The van der Waals surface area contributed by atoms with Crippen LogP contribution in [0.5, 0.6) is 5.75 Å². The number of benzene rings is 1. The number of piperazine rings is 1. The maximum atomic E-state index is 14.7. The quantitative estimate of drug-likeness (QED) is 0.849. The molecule has 2 fully saturated rings. The summed E-state index contributed by atoms with van der Waals surface area (Å²) in [5.41, 5.74) is 0.856. The van der Waals surface area contributed by atoms with Crippen LogP contribution in [0.4, 0.5) is 4.39 Å². The summed E-state index contributed by atoms with van der Waals surface area (Å²) in [4.78, 5) is 2.48. The molecule has 1 aliphatic carbocycles. The second-order valence-corrected chi connectivity index (χ2v) is 6.52. The van der Waals surface area contributed by atoms with Crippen molar-refractivity contribution in [3.63, 3.8) is 0 Å². The molecule has 1 saturated carbocycles. The minimum absolute atomic E-state index is 0. The standard InChI is InChI=1S/C18H27FN2O.2ClH/c1-22-15-7-8-16(17(19)13-15)18(14-5-3-2-4-6-14)21-11-9-20-10-12-21;;/h7-8,13-14,18,20H,2-6,9-12H2,1H3;2*1H/t18-;;/m0../s1. The first kappa shape index (κ1) is 21.5. The topological polar surface area (TPSA) is 24.5 Å². The van der Waals surface area contributed by atoms with E-state index in [9.17, 15) is 4.39 Å². The second-order valence-electron chi connectivity index (χ2n) is 6.52. The van der Waals surface area contributed by atoms with Gasteiger partial charge in [-0.05, 0) is 24.8 Å². The third kappa shape index (κ3) is 4.98. The van der Waals surface area contributed by atoms with Gasteiger partial charge in [0.2, 0.25) is 0 Å². The predicted molar refractivity (Wildman–Crippen MR) is 101 cm³/mol. The van der Waals surface area contributed by atoms with Crippen molar-refractivity contribution in [3.05, 3.63) is 29.6 Å². The third-order valence-electron chi connectivity index (χ3n) is 5.17. The molecule has 24 heavy (non-hydrogen) atoms. The second kappa shape index (κ2) is 10.4. The van der Waals surface area contributed by atoms with Crippen molar-refractivity contribution in [2.45, 2.75) is 38.1 Å². The monoisotopic (exact) mass is 378 g/mol. The summed E-state index contributed by atoms with van der Waals surface area (Å²) in [5.74, 6) is 1.06. The van der Waals surface area contributed by atoms with Crippen LogP contribution in [0.15, 0.2) is 18.2 Å². The molecule has 1 aliphatic heterocycles. The minimum Gasteiger partial charge on any atom is -0.497 e. The smallest absolute Gasteiger partial charge is 0.131 e. The van der Waals surface area contributed by atoms with Crippen LogP contribution in [0.25, 0.3) is 0 Å². The molecule has 6 heteroatoms. The van der Waals surface area contributed by atoms with E-state index in [4.69, 9.17) is 4.74 Å². The van der Waals surface area contributed by atoms with Gasteiger partial charge in [0.15, 0.2) is 0 Å². The number of ether oxygens (including phenoxy) is 1. The van der Waals surface area contributed by atoms with E-state index in [-0.39, 0.29) is 36.7 Å². The number of hydrogen-bond donors (Lipinski definition) is 1. The average molecular weight is 379 g/mol. The molecule has 0 radical (unpaired) electrons. The number of methoxy groups -OCH3 is 1. The molecule has 3 nitrogen and oxygen atoms in total. The normalized spacial score (nSPS) is 20.6. The van der Waals surface area contributed by atoms with Crippen LogP contribution >= 0.6 is 24.8 Å². The molecule has 0 aromatic heterocycles. The summed E-state index contributed by atoms with van der Waals surface area (Å²) in [5, 5.41) is 3.40. The van der Waals surface area contributed by atoms with Crippen LogP contribution in [0, 0.1) is 11.7 Å². The lowest BCUT2D eigenvalue weighted by molar-refractivity contribution is 0.100. The summed E-state index contributed by atoms with van der Waals surface area (Å²) in [6.07, 6.45) is 6.34. The predicted octanol–water partition coefficient (Wildman–Crippen LogP) is 4.20. The molecular formula is C18H29Cl2FN2O. The zero-order valence-electron chi connectivity index (χ0n) is 14.3. The van der Waals surface area contributed by atoms with Crippen LogP contribution in [0.3, 0.4) is 0 Å². The van der Waals surface area contributed by atoms with Gasteiger partial charge in [0, 0.05) is 43.9 Å². The fraction of sp³-hybridized carbons (Fsp3) is 0.667. The van der Waals surface area contributed by atoms with Gasteiger partial charge in [0.05, 0.1) is 7.11 Å². The average Bonchev–Trinajstić information content (AvgIpc) is 2.58. The number of rotatable bonds is 4. The fourth-order valence-corrected chi connectivity index (χ4v) is 4.03. The Morgan fingerprint density at radius 1 is 1.12 bits per heavy atom. The third-order valence-corrected chi connectivity index (χ3v) is 5.17. The first-order chi connectivity index (χ1) is 10.8. The first-order valence-corrected chi connectivity index (χ1v) is 8.58. The maximum Gasteiger partial charge on any atom is 0.131 e. The van der Waals surface area contributed by atoms with Crippen molar-refractivity contribution < 1.29 is 9.13 Å². The highest BCUT2D eigenvalue weighted by Gasteiger charge is 2.32. The Morgan fingerprint density at radius 2 is 1.79 bits per heavy atom. The van der Waals surface area contributed by atoms with Gasteiger partial charge in [-0.1, -0.05) is 25.3 Å². The SMILES string of the molecule is COc1ccc([C@H](C2CCCCC2)N2CCNCC2)c(F)c1.Cl.Cl. The maximum absolute atomic E-state index is 14.7. The van der Waals surface area contributed by atoms with Crippen molar-refractivity contribution in [1.29, 1.82) is 0 Å². The van der Waals surface area contributed by atoms with Gasteiger partial charge < -0.3 is 10.1 Å². The van der Waals surface area contributed by atoms with Gasteiger partial charge in [0.1, 0.15) is 11.6 Å². The van der Waals surface area contributed by atoms with E-state index in [1.165, 1.54) is 38.2 Å². The zero-order valence-corrected chi connectivity index (χ0v) is 15.9. The highest BCUT2D eigenvalue weighted by atomic mass is 35.5. The molecule has 2 aliphatic rings. The summed E-state index contributed by atoms with van der Waals surface area (Å²) >= 11 is 0. The van der Waals surface area contributed by atoms with Crippen LogP contribution in [0.1, 0.15) is 43.7 Å². The Hall–Kier alpha value is -0.550. The highest BCUT2D eigenvalue weighted by molar-refractivity contribution is 5.85. The zero-order chi connectivity index (χ0) is 15.4. The summed E-state index contributed by atoms with van der Waals surface area (Å²) in [7, 11) is 1.59. The molecular weight excluding hydrogens is 350 g/mol. The van der Waals surface area contributed by atoms with E-state index in [1.54, 1.807) is 7.11 Å². The van der Waals surface area contributed by atoms with Crippen molar-refractivity contribution >= 4 is 24.8 Å². The molecule has 0 spiro atoms. The molecule has 0 amide bonds. The van der Waals surface area contributed by atoms with Gasteiger partial charge in [-0.2, -0.15) is 0 Å². The Balaban J connectivity index is 0.00000144. The lowest BCUT2D eigenvalue weighted by Gasteiger charge is -2.41. The molecule has 3 rings (SSSR count). The first-order valence-electron chi connectivity index (χ1n) is 8.58. The molecule has 138 valence electrons. The lowest BCUT2D eigenvalue weighted by Crippen LogP contribution is -2.47. The number of hydrogen-bond acceptors (Lipinski definition) is 3. The van der Waals surface area contributed by atoms with E-state index in [0.29, 0.717) is 11.7 Å². The van der Waals surface area contributed by atoms with E-state index in [2.05, 4.69) is 10.2 Å². The molecule has 1 N–H and O–H groups in total. The fourth-order valence-electron chi connectivity index (χ4n) is 4.03. The van der Waals surface area contributed by atoms with Crippen molar-refractivity contribution in [3.8, 4) is 5.75 Å². The van der Waals surface area contributed by atoms with Gasteiger partial charge in [-0.15, -0.1) is 24.8 Å². The van der Waals surface area contributed by atoms with E-state index < -0.39 is 0 Å². The molecule has 0 unspecified atom stereocenters. The number of halogens is 3. The van der Waals surface area contributed by atoms with Crippen LogP contribution in [-0.2, 0) is 0 Å². The molecule has 1 aromatic rings. The van der Waals surface area contributed by atoms with Gasteiger partial charge in [-0.25, -0.2) is 4.39 Å². The summed E-state index contributed by atoms with van der Waals surface area (Å²) in [6, 6.07) is 5.59. The van der Waals surface area contributed by atoms with Crippen molar-refractivity contribution in [1.82, 2.24) is 10.2 Å². The minimum atomic E-state index is -0.117. The van der Waals surface area contributed by atoms with E-state index in [0.717, 1.165) is 31.7 Å². The Kier molecular flexibility index (Phi) is 9.35. The van der Waals surface area contributed by atoms with Crippen LogP contribution in [-0.4, -0.2) is 38.2 Å². The number of nitrogens with zero attached hydrogens (tertiary/aromatic N) is 1. The molecule has 1 heterocycles. The molecule has 1 atom stereocenters. The van der Waals surface area contributed by atoms with Crippen LogP contribution < -0.4 is 10.1 Å². The summed E-state index contributed by atoms with van der Waals surface area (Å²) in [6.45, 7) is 4.02. The van der Waals surface area contributed by atoms with Gasteiger partial charge >= 0.3 is 0 Å². The van der Waals surface area contributed by atoms with Gasteiger partial charge in [-0.3, -0.25) is 4.90 Å². The molecule has 1 saturated heterocycles. The van der Waals surface area contributed by atoms with E-state index in [1.807, 2.05) is 12.1 Å². The molecule has 1 aromatic carbocycles. The molecule has 0 bridgehead atoms. The van der Waals surface area contributed by atoms with Gasteiger partial charge in [0.25, 0.3) is 0 Å². The van der Waals surface area contributed by atoms with Crippen LogP contribution in [0.2, 0.25) is 0 Å². The Morgan fingerprint density at radius 3 is 2.38 bits per heavy atom. The van der Waals surface area contributed by atoms with Crippen molar-refractivity contribution in [2.24, 2.45) is 5.92 Å². The highest BCUT2D eigenvalue weighted by Crippen LogP contribution is 2.40. The summed E-state index contributed by atoms with van der Waals surface area (Å²) < 4.78 is 19.8. The largest absolute Gasteiger partial charge is 0.497 e. The Labute approximate surface area is 157 Å².